The minimum atomic E-state index is -5.07. The summed E-state index contributed by atoms with van der Waals surface area (Å²) in [6.07, 6.45) is -0.542. The Morgan fingerprint density at radius 1 is 1.39 bits per heavy atom. The van der Waals surface area contributed by atoms with Gasteiger partial charge in [0.25, 0.3) is 11.5 Å². The Labute approximate surface area is 177 Å². The lowest BCUT2D eigenvalue weighted by molar-refractivity contribution is -0.259. The van der Waals surface area contributed by atoms with Crippen LogP contribution in [0.15, 0.2) is 24.5 Å². The maximum absolute atomic E-state index is 13.5. The van der Waals surface area contributed by atoms with Crippen LogP contribution in [0.2, 0.25) is 0 Å². The Morgan fingerprint density at radius 2 is 2.13 bits per heavy atom. The lowest BCUT2D eigenvalue weighted by Gasteiger charge is -2.39. The van der Waals surface area contributed by atoms with Gasteiger partial charge in [0.05, 0.1) is 6.20 Å². The number of rotatable bonds is 6. The number of hydrogen-bond donors (Lipinski definition) is 2. The number of anilines is 1. The van der Waals surface area contributed by atoms with Crippen LogP contribution in [0.5, 0.6) is 0 Å². The van der Waals surface area contributed by atoms with Crippen LogP contribution >= 0.6 is 0 Å². The molecule has 0 spiro atoms. The van der Waals surface area contributed by atoms with Crippen molar-refractivity contribution in [1.29, 1.82) is 0 Å². The SMILES string of the molecule is CN(C)CC(O)(C(=O)N1CCCC(Cn2cc(-c3ccnc(N)c3)nn2)C1)C(F)(F)F. The van der Waals surface area contributed by atoms with E-state index in [1.165, 1.54) is 14.1 Å². The normalized spacial score (nSPS) is 19.5. The maximum atomic E-state index is 13.5. The van der Waals surface area contributed by atoms with E-state index in [0.29, 0.717) is 24.5 Å². The van der Waals surface area contributed by atoms with Gasteiger partial charge in [-0.1, -0.05) is 5.21 Å². The van der Waals surface area contributed by atoms with E-state index < -0.39 is 24.2 Å². The fourth-order valence-corrected chi connectivity index (χ4v) is 3.79. The van der Waals surface area contributed by atoms with Gasteiger partial charge in [0.15, 0.2) is 0 Å². The molecule has 2 aromatic rings. The van der Waals surface area contributed by atoms with Gasteiger partial charge >= 0.3 is 6.18 Å². The lowest BCUT2D eigenvalue weighted by Crippen LogP contribution is -2.63. The van der Waals surface area contributed by atoms with Gasteiger partial charge < -0.3 is 20.6 Å². The lowest BCUT2D eigenvalue weighted by atomic mass is 9.94. The van der Waals surface area contributed by atoms with Crippen molar-refractivity contribution in [3.8, 4) is 11.3 Å². The molecule has 1 aliphatic heterocycles. The van der Waals surface area contributed by atoms with E-state index in [0.717, 1.165) is 21.8 Å². The minimum absolute atomic E-state index is 0.0993. The second-order valence-electron chi connectivity index (χ2n) is 8.15. The first kappa shape index (κ1) is 22.9. The molecule has 0 saturated carbocycles. The molecule has 3 rings (SSSR count). The molecule has 1 amide bonds. The van der Waals surface area contributed by atoms with Gasteiger partial charge in [0, 0.05) is 37.9 Å². The Balaban J connectivity index is 1.70. The molecule has 3 N–H and O–H groups in total. The molecular formula is C19H26F3N7O2. The number of likely N-dealkylation sites (tertiary alicyclic amines) is 1. The second-order valence-corrected chi connectivity index (χ2v) is 8.15. The number of carbonyl (C=O) groups excluding carboxylic acids is 1. The highest BCUT2D eigenvalue weighted by Crippen LogP contribution is 2.34. The summed E-state index contributed by atoms with van der Waals surface area (Å²) >= 11 is 0. The summed E-state index contributed by atoms with van der Waals surface area (Å²) in [6.45, 7) is -0.185. The molecule has 31 heavy (non-hydrogen) atoms. The van der Waals surface area contributed by atoms with Crippen molar-refractivity contribution in [2.45, 2.75) is 31.2 Å². The minimum Gasteiger partial charge on any atom is -0.384 e. The van der Waals surface area contributed by atoms with Crippen LogP contribution in [0.4, 0.5) is 19.0 Å². The molecule has 170 valence electrons. The number of amides is 1. The number of nitrogens with zero attached hydrogens (tertiary/aromatic N) is 6. The first-order valence-electron chi connectivity index (χ1n) is 9.85. The van der Waals surface area contributed by atoms with Crippen molar-refractivity contribution in [2.75, 3.05) is 39.5 Å². The number of aromatic nitrogens is 4. The molecule has 3 heterocycles. The highest BCUT2D eigenvalue weighted by Gasteiger charge is 2.61. The summed E-state index contributed by atoms with van der Waals surface area (Å²) < 4.78 is 42.2. The monoisotopic (exact) mass is 441 g/mol. The fourth-order valence-electron chi connectivity index (χ4n) is 3.79. The van der Waals surface area contributed by atoms with Crippen LogP contribution in [-0.4, -0.2) is 86.3 Å². The molecule has 2 atom stereocenters. The van der Waals surface area contributed by atoms with E-state index >= 15 is 0 Å². The third kappa shape index (κ3) is 5.13. The summed E-state index contributed by atoms with van der Waals surface area (Å²) in [5, 5.41) is 18.5. The number of aliphatic hydroxyl groups is 1. The fraction of sp³-hybridized carbons (Fsp3) is 0.579. The number of piperidine rings is 1. The van der Waals surface area contributed by atoms with Crippen molar-refractivity contribution >= 4 is 11.7 Å². The van der Waals surface area contributed by atoms with Crippen molar-refractivity contribution in [2.24, 2.45) is 5.92 Å². The van der Waals surface area contributed by atoms with Crippen LogP contribution in [-0.2, 0) is 11.3 Å². The summed E-state index contributed by atoms with van der Waals surface area (Å²) in [5.41, 5.74) is 3.58. The molecule has 1 saturated heterocycles. The van der Waals surface area contributed by atoms with E-state index in [1.54, 1.807) is 29.2 Å². The first-order chi connectivity index (χ1) is 14.5. The van der Waals surface area contributed by atoms with E-state index in [1.807, 2.05) is 0 Å². The predicted octanol–water partition coefficient (Wildman–Crippen LogP) is 1.02. The molecular weight excluding hydrogens is 415 g/mol. The number of likely N-dealkylation sites (N-methyl/N-ethyl adjacent to an activating group) is 1. The predicted molar refractivity (Wildman–Crippen MR) is 107 cm³/mol. The highest BCUT2D eigenvalue weighted by atomic mass is 19.4. The zero-order valence-electron chi connectivity index (χ0n) is 17.4. The van der Waals surface area contributed by atoms with Crippen molar-refractivity contribution in [1.82, 2.24) is 29.8 Å². The summed E-state index contributed by atoms with van der Waals surface area (Å²) in [7, 11) is 2.75. The third-order valence-corrected chi connectivity index (χ3v) is 5.23. The molecule has 2 aromatic heterocycles. The second kappa shape index (κ2) is 8.79. The Bertz CT molecular complexity index is 918. The standard InChI is InChI=1S/C19H26F3N7O2/c1-27(2)12-18(31,19(20,21)22)17(30)28-7-3-4-13(9-28)10-29-11-15(25-26-29)14-5-6-24-16(23)8-14/h5-6,8,11,13,31H,3-4,7,9-10,12H2,1-2H3,(H2,23,24). The van der Waals surface area contributed by atoms with E-state index in [4.69, 9.17) is 5.73 Å². The third-order valence-electron chi connectivity index (χ3n) is 5.23. The van der Waals surface area contributed by atoms with Crippen LogP contribution < -0.4 is 5.73 Å². The number of pyridine rings is 1. The first-order valence-corrected chi connectivity index (χ1v) is 9.85. The molecule has 1 fully saturated rings. The van der Waals surface area contributed by atoms with Crippen LogP contribution in [0.3, 0.4) is 0 Å². The highest BCUT2D eigenvalue weighted by molar-refractivity contribution is 5.86. The van der Waals surface area contributed by atoms with Gasteiger partial charge in [-0.2, -0.15) is 13.2 Å². The van der Waals surface area contributed by atoms with E-state index in [9.17, 15) is 23.1 Å². The number of halogens is 3. The number of carbonyl (C=O) groups is 1. The van der Waals surface area contributed by atoms with Gasteiger partial charge in [0.1, 0.15) is 11.5 Å². The smallest absolute Gasteiger partial charge is 0.384 e. The zero-order valence-corrected chi connectivity index (χ0v) is 17.4. The molecule has 0 aromatic carbocycles. The van der Waals surface area contributed by atoms with Crippen LogP contribution in [0.1, 0.15) is 12.8 Å². The maximum Gasteiger partial charge on any atom is 0.427 e. The zero-order chi connectivity index (χ0) is 22.8. The molecule has 0 aliphatic carbocycles. The summed E-state index contributed by atoms with van der Waals surface area (Å²) in [6, 6.07) is 3.41. The number of hydrogen-bond acceptors (Lipinski definition) is 7. The Morgan fingerprint density at radius 3 is 2.77 bits per heavy atom. The number of nitrogens with two attached hydrogens (primary N) is 1. The summed E-state index contributed by atoms with van der Waals surface area (Å²) in [5.74, 6) is -1.08. The number of alkyl halides is 3. The van der Waals surface area contributed by atoms with Gasteiger partial charge in [0.2, 0.25) is 0 Å². The molecule has 0 bridgehead atoms. The van der Waals surface area contributed by atoms with Gasteiger partial charge in [-0.3, -0.25) is 9.48 Å². The van der Waals surface area contributed by atoms with Crippen molar-refractivity contribution in [3.05, 3.63) is 24.5 Å². The van der Waals surface area contributed by atoms with Gasteiger partial charge in [-0.15, -0.1) is 5.10 Å². The van der Waals surface area contributed by atoms with Gasteiger partial charge in [-0.05, 0) is 45.0 Å². The largest absolute Gasteiger partial charge is 0.427 e. The number of nitrogen functional groups attached to an aromatic ring is 1. The molecule has 9 nitrogen and oxygen atoms in total. The average molecular weight is 441 g/mol. The van der Waals surface area contributed by atoms with Crippen LogP contribution in [0.25, 0.3) is 11.3 Å². The molecule has 1 aliphatic rings. The van der Waals surface area contributed by atoms with Gasteiger partial charge in [-0.25, -0.2) is 4.98 Å². The quantitative estimate of drug-likeness (QED) is 0.688. The Kier molecular flexibility index (Phi) is 6.51. The molecule has 12 heteroatoms. The summed E-state index contributed by atoms with van der Waals surface area (Å²) in [4.78, 5) is 18.9. The van der Waals surface area contributed by atoms with Crippen LogP contribution in [0, 0.1) is 5.92 Å². The van der Waals surface area contributed by atoms with E-state index in [-0.39, 0.29) is 19.0 Å². The Hall–Kier alpha value is -2.73. The van der Waals surface area contributed by atoms with E-state index in [2.05, 4.69) is 15.3 Å². The van der Waals surface area contributed by atoms with Crippen molar-refractivity contribution in [3.63, 3.8) is 0 Å². The average Bonchev–Trinajstić information content (AvgIpc) is 3.14. The topological polar surface area (TPSA) is 113 Å². The molecule has 2 unspecified atom stereocenters. The van der Waals surface area contributed by atoms with Crippen molar-refractivity contribution < 1.29 is 23.1 Å². The molecule has 0 radical (unpaired) electrons.